The summed E-state index contributed by atoms with van der Waals surface area (Å²) in [6, 6.07) is 8.89. The van der Waals surface area contributed by atoms with Gasteiger partial charge in [0.1, 0.15) is 0 Å². The predicted molar refractivity (Wildman–Crippen MR) is 69.3 cm³/mol. The predicted octanol–water partition coefficient (Wildman–Crippen LogP) is 2.09. The maximum atomic E-state index is 4.70. The Labute approximate surface area is 99.1 Å². The van der Waals surface area contributed by atoms with Crippen molar-refractivity contribution < 1.29 is 0 Å². The Kier molecular flexibility index (Phi) is 2.53. The van der Waals surface area contributed by atoms with Crippen molar-refractivity contribution >= 4 is 26.7 Å². The second-order valence-corrected chi connectivity index (χ2v) is 5.22. The average molecular weight is 233 g/mol. The summed E-state index contributed by atoms with van der Waals surface area (Å²) < 4.78 is 1.28. The lowest BCUT2D eigenvalue weighted by atomic mass is 10.2. The summed E-state index contributed by atoms with van der Waals surface area (Å²) in [5.41, 5.74) is 1.12. The Hall–Kier alpha value is -1.13. The van der Waals surface area contributed by atoms with E-state index in [0.717, 1.165) is 30.3 Å². The third kappa shape index (κ3) is 1.68. The molecular weight excluding hydrogens is 218 g/mol. The van der Waals surface area contributed by atoms with Crippen molar-refractivity contribution in [2.75, 3.05) is 24.5 Å². The third-order valence-electron chi connectivity index (χ3n) is 3.03. The number of nitrogens with one attached hydrogen (secondary N) is 1. The Bertz CT molecular complexity index is 461. The van der Waals surface area contributed by atoms with Crippen LogP contribution in [0.2, 0.25) is 0 Å². The molecule has 1 aromatic heterocycles. The topological polar surface area (TPSA) is 28.2 Å². The van der Waals surface area contributed by atoms with Gasteiger partial charge in [-0.05, 0) is 19.1 Å². The van der Waals surface area contributed by atoms with Crippen molar-refractivity contribution in [3.05, 3.63) is 24.3 Å². The van der Waals surface area contributed by atoms with Gasteiger partial charge in [-0.2, -0.15) is 0 Å². The van der Waals surface area contributed by atoms with Gasteiger partial charge in [0.2, 0.25) is 0 Å². The molecule has 3 nitrogen and oxygen atoms in total. The van der Waals surface area contributed by atoms with Crippen LogP contribution in [0.3, 0.4) is 0 Å². The van der Waals surface area contributed by atoms with Gasteiger partial charge in [-0.25, -0.2) is 4.98 Å². The monoisotopic (exact) mass is 233 g/mol. The minimum Gasteiger partial charge on any atom is -0.343 e. The van der Waals surface area contributed by atoms with E-state index in [0.29, 0.717) is 6.04 Å². The first-order valence-electron chi connectivity index (χ1n) is 5.67. The zero-order chi connectivity index (χ0) is 11.0. The summed E-state index contributed by atoms with van der Waals surface area (Å²) >= 11 is 1.79. The number of anilines is 1. The molecular formula is C12H15N3S. The van der Waals surface area contributed by atoms with Crippen molar-refractivity contribution in [3.63, 3.8) is 0 Å². The van der Waals surface area contributed by atoms with Crippen LogP contribution in [0.15, 0.2) is 24.3 Å². The molecule has 3 rings (SSSR count). The Morgan fingerprint density at radius 2 is 2.31 bits per heavy atom. The fourth-order valence-electron chi connectivity index (χ4n) is 2.11. The molecule has 0 saturated carbocycles. The second kappa shape index (κ2) is 4.03. The molecule has 2 heterocycles. The molecule has 1 atom stereocenters. The number of thiazole rings is 1. The maximum absolute atomic E-state index is 4.70. The molecule has 1 aromatic carbocycles. The van der Waals surface area contributed by atoms with Gasteiger partial charge in [-0.1, -0.05) is 23.5 Å². The first-order valence-corrected chi connectivity index (χ1v) is 6.49. The minimum absolute atomic E-state index is 0.536. The molecule has 16 heavy (non-hydrogen) atoms. The number of fused-ring (bicyclic) bond motifs is 1. The largest absolute Gasteiger partial charge is 0.343 e. The van der Waals surface area contributed by atoms with Gasteiger partial charge in [0.05, 0.1) is 10.2 Å². The molecule has 1 unspecified atom stereocenters. The van der Waals surface area contributed by atoms with Gasteiger partial charge in [0.25, 0.3) is 0 Å². The van der Waals surface area contributed by atoms with Crippen LogP contribution in [0.1, 0.15) is 6.92 Å². The zero-order valence-electron chi connectivity index (χ0n) is 9.31. The van der Waals surface area contributed by atoms with Gasteiger partial charge in [0.15, 0.2) is 5.13 Å². The molecule has 2 aromatic rings. The quantitative estimate of drug-likeness (QED) is 0.817. The Morgan fingerprint density at radius 1 is 1.44 bits per heavy atom. The summed E-state index contributed by atoms with van der Waals surface area (Å²) in [5, 5.41) is 4.57. The number of nitrogens with zero attached hydrogens (tertiary/aromatic N) is 2. The zero-order valence-corrected chi connectivity index (χ0v) is 10.1. The summed E-state index contributed by atoms with van der Waals surface area (Å²) in [5.74, 6) is 0. The number of benzene rings is 1. The molecule has 4 heteroatoms. The number of hydrogen-bond donors (Lipinski definition) is 1. The van der Waals surface area contributed by atoms with Crippen LogP contribution in [-0.4, -0.2) is 30.7 Å². The molecule has 1 aliphatic heterocycles. The molecule has 0 amide bonds. The van der Waals surface area contributed by atoms with Gasteiger partial charge >= 0.3 is 0 Å². The Morgan fingerprint density at radius 3 is 3.12 bits per heavy atom. The van der Waals surface area contributed by atoms with E-state index in [1.54, 1.807) is 11.3 Å². The lowest BCUT2D eigenvalue weighted by Gasteiger charge is -2.33. The summed E-state index contributed by atoms with van der Waals surface area (Å²) in [6.45, 7) is 5.41. The van der Waals surface area contributed by atoms with E-state index >= 15 is 0 Å². The van der Waals surface area contributed by atoms with E-state index < -0.39 is 0 Å². The van der Waals surface area contributed by atoms with Crippen LogP contribution in [0, 0.1) is 0 Å². The van der Waals surface area contributed by atoms with Crippen molar-refractivity contribution in [2.45, 2.75) is 13.0 Å². The SMILES string of the molecule is CC1CNCCN1c1nc2ccccc2s1. The molecule has 0 aliphatic carbocycles. The van der Waals surface area contributed by atoms with E-state index in [2.05, 4.69) is 35.3 Å². The standard InChI is InChI=1S/C12H15N3S/c1-9-8-13-6-7-15(9)12-14-10-4-2-3-5-11(10)16-12/h2-5,9,13H,6-8H2,1H3. The number of aromatic nitrogens is 1. The highest BCUT2D eigenvalue weighted by Gasteiger charge is 2.20. The number of para-hydroxylation sites is 1. The van der Waals surface area contributed by atoms with E-state index in [-0.39, 0.29) is 0 Å². The molecule has 0 radical (unpaired) electrons. The Balaban J connectivity index is 1.98. The van der Waals surface area contributed by atoms with Gasteiger partial charge < -0.3 is 10.2 Å². The van der Waals surface area contributed by atoms with Gasteiger partial charge in [0, 0.05) is 25.7 Å². The third-order valence-corrected chi connectivity index (χ3v) is 4.10. The fourth-order valence-corrected chi connectivity index (χ4v) is 3.20. The normalized spacial score (nSPS) is 21.6. The van der Waals surface area contributed by atoms with Crippen molar-refractivity contribution in [2.24, 2.45) is 0 Å². The van der Waals surface area contributed by atoms with E-state index in [1.165, 1.54) is 4.70 Å². The summed E-state index contributed by atoms with van der Waals surface area (Å²) in [6.07, 6.45) is 0. The van der Waals surface area contributed by atoms with Crippen LogP contribution in [0.25, 0.3) is 10.2 Å². The first kappa shape index (κ1) is 10.1. The van der Waals surface area contributed by atoms with Crippen LogP contribution in [0.4, 0.5) is 5.13 Å². The highest BCUT2D eigenvalue weighted by atomic mass is 32.1. The molecule has 1 N–H and O–H groups in total. The smallest absolute Gasteiger partial charge is 0.186 e. The fraction of sp³-hybridized carbons (Fsp3) is 0.417. The first-order chi connectivity index (χ1) is 7.84. The van der Waals surface area contributed by atoms with Crippen LogP contribution < -0.4 is 10.2 Å². The van der Waals surface area contributed by atoms with E-state index in [4.69, 9.17) is 4.98 Å². The minimum atomic E-state index is 0.536. The lowest BCUT2D eigenvalue weighted by Crippen LogP contribution is -2.49. The van der Waals surface area contributed by atoms with Crippen LogP contribution >= 0.6 is 11.3 Å². The number of piperazine rings is 1. The van der Waals surface area contributed by atoms with Crippen LogP contribution in [-0.2, 0) is 0 Å². The number of hydrogen-bond acceptors (Lipinski definition) is 4. The molecule has 1 aliphatic rings. The maximum Gasteiger partial charge on any atom is 0.186 e. The van der Waals surface area contributed by atoms with Crippen molar-refractivity contribution in [3.8, 4) is 0 Å². The number of rotatable bonds is 1. The van der Waals surface area contributed by atoms with Gasteiger partial charge in [-0.3, -0.25) is 0 Å². The summed E-state index contributed by atoms with van der Waals surface area (Å²) in [4.78, 5) is 7.11. The average Bonchev–Trinajstić information content (AvgIpc) is 2.73. The molecule has 0 spiro atoms. The van der Waals surface area contributed by atoms with Crippen LogP contribution in [0.5, 0.6) is 0 Å². The van der Waals surface area contributed by atoms with Crippen molar-refractivity contribution in [1.29, 1.82) is 0 Å². The second-order valence-electron chi connectivity index (χ2n) is 4.21. The molecule has 1 fully saturated rings. The molecule has 1 saturated heterocycles. The van der Waals surface area contributed by atoms with Gasteiger partial charge in [-0.15, -0.1) is 0 Å². The lowest BCUT2D eigenvalue weighted by molar-refractivity contribution is 0.500. The van der Waals surface area contributed by atoms with E-state index in [1.807, 2.05) is 6.07 Å². The summed E-state index contributed by atoms with van der Waals surface area (Å²) in [7, 11) is 0. The van der Waals surface area contributed by atoms with Crippen molar-refractivity contribution in [1.82, 2.24) is 10.3 Å². The molecule has 0 bridgehead atoms. The molecule has 84 valence electrons. The van der Waals surface area contributed by atoms with E-state index in [9.17, 15) is 0 Å². The highest BCUT2D eigenvalue weighted by Crippen LogP contribution is 2.29. The highest BCUT2D eigenvalue weighted by molar-refractivity contribution is 7.22.